The fourth-order valence-corrected chi connectivity index (χ4v) is 18.5. The van der Waals surface area contributed by atoms with Crippen molar-refractivity contribution >= 4 is 18.4 Å². The molecule has 0 atom stereocenters. The van der Waals surface area contributed by atoms with E-state index in [1.165, 1.54) is 0 Å². The third-order valence-corrected chi connectivity index (χ3v) is 20.9. The topological polar surface area (TPSA) is 0 Å². The van der Waals surface area contributed by atoms with Crippen LogP contribution in [0.15, 0.2) is 0 Å². The molecule has 19 heteroatoms. The predicted molar refractivity (Wildman–Crippen MR) is 87.0 cm³/mol. The molecule has 0 saturated carbocycles. The van der Waals surface area contributed by atoms with Gasteiger partial charge >= 0.3 is 190 Å². The van der Waals surface area contributed by atoms with E-state index >= 15 is 0 Å². The van der Waals surface area contributed by atoms with E-state index < -0.39 is 96.9 Å². The normalized spacial score (nSPS) is 16.1. The summed E-state index contributed by atoms with van der Waals surface area (Å²) in [6.45, 7) is 1.80. The molecule has 212 valence electrons. The Morgan fingerprint density at radius 3 is 0.800 bits per heavy atom. The molecule has 0 aliphatic carbocycles. The van der Waals surface area contributed by atoms with Crippen LogP contribution in [0.4, 0.5) is 79.0 Å². The van der Waals surface area contributed by atoms with Crippen LogP contribution in [0.25, 0.3) is 0 Å². The van der Waals surface area contributed by atoms with Crippen LogP contribution in [-0.2, 0) is 0 Å². The maximum absolute atomic E-state index is 14.9. The van der Waals surface area contributed by atoms with Crippen LogP contribution in [0, 0.1) is 0 Å². The molecule has 0 bridgehead atoms. The fourth-order valence-electron chi connectivity index (χ4n) is 3.26. The SMILES string of the molecule is CCC[CH2][Sn]([CH2]CCC)([C](F)(F)C(F)(F)C(F)(F)C(F)(F)F)[C](F)(F)C(F)(F)C(F)(F)C(F)(F)F. The Morgan fingerprint density at radius 1 is 0.400 bits per heavy atom. The molecule has 0 aromatic heterocycles. The molecule has 0 amide bonds. The second-order valence-electron chi connectivity index (χ2n) is 7.73. The van der Waals surface area contributed by atoms with Gasteiger partial charge in [-0.25, -0.2) is 0 Å². The summed E-state index contributed by atoms with van der Waals surface area (Å²) in [5.74, 6) is -31.5. The van der Waals surface area contributed by atoms with Crippen molar-refractivity contribution in [2.45, 2.75) is 92.3 Å². The number of unbranched alkanes of at least 4 members (excludes halogenated alkanes) is 2. The van der Waals surface area contributed by atoms with E-state index in [2.05, 4.69) is 0 Å². The summed E-state index contributed by atoms with van der Waals surface area (Å²) in [6.07, 6.45) is -19.0. The summed E-state index contributed by atoms with van der Waals surface area (Å²) in [5, 5.41) is 0. The van der Waals surface area contributed by atoms with Gasteiger partial charge in [-0.15, -0.1) is 0 Å². The average Bonchev–Trinajstić information content (AvgIpc) is 2.65. The Bertz CT molecular complexity index is 644. The van der Waals surface area contributed by atoms with Gasteiger partial charge in [0, 0.05) is 0 Å². The molecule has 35 heavy (non-hydrogen) atoms. The molecule has 0 unspecified atom stereocenters. The number of hydrogen-bond donors (Lipinski definition) is 0. The zero-order valence-electron chi connectivity index (χ0n) is 17.5. The summed E-state index contributed by atoms with van der Waals surface area (Å²) in [4.78, 5) is 0. The van der Waals surface area contributed by atoms with Crippen molar-refractivity contribution in [2.24, 2.45) is 0 Å². The first kappa shape index (κ1) is 34.5. The maximum atomic E-state index is 14.9. The average molecular weight is 671 g/mol. The quantitative estimate of drug-likeness (QED) is 0.144. The van der Waals surface area contributed by atoms with Gasteiger partial charge < -0.3 is 0 Å². The van der Waals surface area contributed by atoms with Crippen LogP contribution in [0.1, 0.15) is 39.5 Å². The van der Waals surface area contributed by atoms with Gasteiger partial charge in [0.05, 0.1) is 0 Å². The standard InChI is InChI=1S/2C4F9.2C4H9.Sn/c2*5-1(6)2(7,8)3(9,10)4(11,12)13;2*1-3-4-2;/h;;2*1,3-4H2,2H3;. The van der Waals surface area contributed by atoms with Gasteiger partial charge in [-0.05, 0) is 0 Å². The van der Waals surface area contributed by atoms with Crippen LogP contribution in [0.2, 0.25) is 8.87 Å². The molecule has 0 fully saturated rings. The van der Waals surface area contributed by atoms with Crippen molar-refractivity contribution in [1.82, 2.24) is 0 Å². The van der Waals surface area contributed by atoms with Crippen LogP contribution in [0.5, 0.6) is 0 Å². The van der Waals surface area contributed by atoms with E-state index in [1.54, 1.807) is 0 Å². The molecule has 0 aliphatic rings. The zero-order valence-corrected chi connectivity index (χ0v) is 20.4. The molecule has 0 radical (unpaired) electrons. The minimum atomic E-state index is -9.17. The van der Waals surface area contributed by atoms with Gasteiger partial charge in [0.1, 0.15) is 0 Å². The number of halogens is 18. The summed E-state index contributed by atoms with van der Waals surface area (Å²) in [6, 6.07) is 0. The molecule has 0 aliphatic heterocycles. The summed E-state index contributed by atoms with van der Waals surface area (Å²) < 4.78 is 225. The molecule has 0 rings (SSSR count). The second kappa shape index (κ2) is 10.0. The Labute approximate surface area is 190 Å². The van der Waals surface area contributed by atoms with E-state index in [1.807, 2.05) is 0 Å². The monoisotopic (exact) mass is 672 g/mol. The molecule has 0 nitrogen and oxygen atoms in total. The second-order valence-corrected chi connectivity index (χ2v) is 20.3. The van der Waals surface area contributed by atoms with Crippen molar-refractivity contribution in [1.29, 1.82) is 0 Å². The zero-order chi connectivity index (χ0) is 28.7. The van der Waals surface area contributed by atoms with E-state index in [0.29, 0.717) is 0 Å². The Balaban J connectivity index is 7.66. The predicted octanol–water partition coefficient (Wildman–Crippen LogP) is 9.05. The molecule has 0 N–H and O–H groups in total. The number of alkyl halides is 18. The first-order valence-electron chi connectivity index (χ1n) is 9.52. The van der Waals surface area contributed by atoms with Crippen molar-refractivity contribution in [3.05, 3.63) is 0 Å². The van der Waals surface area contributed by atoms with Crippen LogP contribution in [-0.4, -0.2) is 62.3 Å². The van der Waals surface area contributed by atoms with E-state index in [0.717, 1.165) is 13.8 Å². The molecule has 0 aromatic carbocycles. The van der Waals surface area contributed by atoms with Crippen LogP contribution < -0.4 is 0 Å². The van der Waals surface area contributed by atoms with Gasteiger partial charge in [0.2, 0.25) is 0 Å². The molecule has 0 heterocycles. The van der Waals surface area contributed by atoms with Crippen LogP contribution >= 0.6 is 0 Å². The summed E-state index contributed by atoms with van der Waals surface area (Å²) in [5.41, 5.74) is 0. The molecular formula is C16H18F18Sn. The Morgan fingerprint density at radius 2 is 0.629 bits per heavy atom. The molecule has 0 spiro atoms. The number of hydrogen-bond acceptors (Lipinski definition) is 0. The van der Waals surface area contributed by atoms with Crippen molar-refractivity contribution in [3.63, 3.8) is 0 Å². The van der Waals surface area contributed by atoms with Gasteiger partial charge in [0.25, 0.3) is 0 Å². The van der Waals surface area contributed by atoms with Gasteiger partial charge in [0.15, 0.2) is 0 Å². The summed E-state index contributed by atoms with van der Waals surface area (Å²) >= 11 is -9.17. The minimum absolute atomic E-state index is 0.653. The van der Waals surface area contributed by atoms with E-state index in [4.69, 9.17) is 0 Å². The molecular weight excluding hydrogens is 653 g/mol. The van der Waals surface area contributed by atoms with Crippen molar-refractivity contribution < 1.29 is 79.0 Å². The van der Waals surface area contributed by atoms with Crippen molar-refractivity contribution in [2.75, 3.05) is 0 Å². The van der Waals surface area contributed by atoms with E-state index in [9.17, 15) is 79.0 Å². The van der Waals surface area contributed by atoms with Gasteiger partial charge in [-0.3, -0.25) is 0 Å². The van der Waals surface area contributed by atoms with E-state index in [-0.39, 0.29) is 0 Å². The van der Waals surface area contributed by atoms with Crippen LogP contribution in [0.3, 0.4) is 0 Å². The first-order chi connectivity index (χ1) is 15.1. The first-order valence-corrected chi connectivity index (χ1v) is 16.4. The molecule has 0 aromatic rings. The number of rotatable bonds is 12. The van der Waals surface area contributed by atoms with Gasteiger partial charge in [-0.1, -0.05) is 0 Å². The molecule has 0 saturated heterocycles. The third-order valence-electron chi connectivity index (χ3n) is 5.41. The Hall–Kier alpha value is -0.461. The van der Waals surface area contributed by atoms with Crippen molar-refractivity contribution in [3.8, 4) is 0 Å². The summed E-state index contributed by atoms with van der Waals surface area (Å²) in [7, 11) is 0. The van der Waals surface area contributed by atoms with Gasteiger partial charge in [-0.2, -0.15) is 0 Å². The fraction of sp³-hybridized carbons (Fsp3) is 1.00. The Kier molecular flexibility index (Phi) is 9.89. The third kappa shape index (κ3) is 5.02.